The van der Waals surface area contributed by atoms with Crippen LogP contribution in [-0.4, -0.2) is 27.6 Å². The van der Waals surface area contributed by atoms with E-state index in [1.54, 1.807) is 0 Å². The molecule has 3 aromatic rings. The maximum absolute atomic E-state index is 12.4. The molecule has 8 heteroatoms. The van der Waals surface area contributed by atoms with Gasteiger partial charge >= 0.3 is 5.97 Å². The highest BCUT2D eigenvalue weighted by atomic mass is 32.2. The van der Waals surface area contributed by atoms with E-state index >= 15 is 0 Å². The van der Waals surface area contributed by atoms with E-state index in [9.17, 15) is 13.2 Å². The Morgan fingerprint density at radius 3 is 2.32 bits per heavy atom. The van der Waals surface area contributed by atoms with E-state index in [0.717, 1.165) is 16.7 Å². The van der Waals surface area contributed by atoms with Gasteiger partial charge in [0.05, 0.1) is 4.90 Å². The molecule has 0 spiro atoms. The highest BCUT2D eigenvalue weighted by Crippen LogP contribution is 2.29. The van der Waals surface area contributed by atoms with Crippen molar-refractivity contribution in [1.82, 2.24) is 0 Å². The molecule has 0 saturated heterocycles. The van der Waals surface area contributed by atoms with Gasteiger partial charge < -0.3 is 9.47 Å². The van der Waals surface area contributed by atoms with Crippen LogP contribution in [0.2, 0.25) is 0 Å². The average molecular weight is 418 g/mol. The van der Waals surface area contributed by atoms with Gasteiger partial charge in [-0.2, -0.15) is 0 Å². The number of rotatable bonds is 7. The number of primary sulfonamides is 1. The third-order valence-corrected chi connectivity index (χ3v) is 5.77. The van der Waals surface area contributed by atoms with Gasteiger partial charge in [0.1, 0.15) is 23.8 Å². The number of esters is 1. The first-order chi connectivity index (χ1) is 13.3. The zero-order valence-corrected chi connectivity index (χ0v) is 16.8. The fourth-order valence-electron chi connectivity index (χ4n) is 2.51. The first-order valence-electron chi connectivity index (χ1n) is 8.42. The summed E-state index contributed by atoms with van der Waals surface area (Å²) in [6, 6.07) is 15.5. The number of hydrogen-bond donors (Lipinski definition) is 1. The van der Waals surface area contributed by atoms with Gasteiger partial charge in [0.15, 0.2) is 0 Å². The fraction of sp³-hybridized carbons (Fsp3) is 0.150. The molecule has 0 amide bonds. The van der Waals surface area contributed by atoms with Crippen molar-refractivity contribution in [2.24, 2.45) is 5.14 Å². The van der Waals surface area contributed by atoms with Crippen LogP contribution in [0, 0.1) is 6.92 Å². The Kier molecular flexibility index (Phi) is 6.13. The van der Waals surface area contributed by atoms with Gasteiger partial charge in [-0.25, -0.2) is 18.4 Å². The molecule has 0 aliphatic rings. The Morgan fingerprint density at radius 1 is 1.00 bits per heavy atom. The second kappa shape index (κ2) is 8.55. The summed E-state index contributed by atoms with van der Waals surface area (Å²) in [6.45, 7) is 2.22. The van der Waals surface area contributed by atoms with Crippen molar-refractivity contribution in [1.29, 1.82) is 0 Å². The summed E-state index contributed by atoms with van der Waals surface area (Å²) in [5.74, 6) is 0.0543. The zero-order valence-electron chi connectivity index (χ0n) is 15.1. The standard InChI is InChI=1S/C20H19NO5S2/c1-14-2-4-15(5-3-14)18-10-13-27-19(18)20(22)26-12-11-25-16-6-8-17(9-7-16)28(21,23)24/h2-10,13H,11-12H2,1H3,(H2,21,23,24). The van der Waals surface area contributed by atoms with E-state index in [4.69, 9.17) is 14.6 Å². The summed E-state index contributed by atoms with van der Waals surface area (Å²) in [7, 11) is -3.73. The molecule has 0 unspecified atom stereocenters. The second-order valence-electron chi connectivity index (χ2n) is 6.03. The first kappa shape index (κ1) is 20.1. The minimum atomic E-state index is -3.73. The van der Waals surface area contributed by atoms with E-state index in [1.807, 2.05) is 42.6 Å². The molecule has 0 aliphatic heterocycles. The Hall–Kier alpha value is -2.68. The van der Waals surface area contributed by atoms with Crippen molar-refractivity contribution in [3.63, 3.8) is 0 Å². The van der Waals surface area contributed by atoms with Crippen molar-refractivity contribution >= 4 is 27.3 Å². The molecule has 0 radical (unpaired) electrons. The predicted molar refractivity (Wildman–Crippen MR) is 108 cm³/mol. The van der Waals surface area contributed by atoms with Gasteiger partial charge in [0, 0.05) is 5.56 Å². The molecule has 146 valence electrons. The van der Waals surface area contributed by atoms with E-state index in [-0.39, 0.29) is 18.1 Å². The molecule has 1 heterocycles. The van der Waals surface area contributed by atoms with Gasteiger partial charge in [-0.15, -0.1) is 11.3 Å². The number of carbonyl (C=O) groups is 1. The molecule has 3 rings (SSSR count). The highest BCUT2D eigenvalue weighted by molar-refractivity contribution is 7.89. The number of thiophene rings is 1. The van der Waals surface area contributed by atoms with Crippen LogP contribution >= 0.6 is 11.3 Å². The summed E-state index contributed by atoms with van der Waals surface area (Å²) >= 11 is 1.33. The first-order valence-corrected chi connectivity index (χ1v) is 10.8. The lowest BCUT2D eigenvalue weighted by molar-refractivity contribution is 0.0457. The predicted octanol–water partition coefficient (Wildman–Crippen LogP) is 3.61. The van der Waals surface area contributed by atoms with Crippen LogP contribution in [0.4, 0.5) is 0 Å². The highest BCUT2D eigenvalue weighted by Gasteiger charge is 2.16. The van der Waals surface area contributed by atoms with Crippen molar-refractivity contribution in [3.8, 4) is 16.9 Å². The topological polar surface area (TPSA) is 95.7 Å². The summed E-state index contributed by atoms with van der Waals surface area (Å²) < 4.78 is 33.2. The molecular formula is C20H19NO5S2. The number of ether oxygens (including phenoxy) is 2. The summed E-state index contributed by atoms with van der Waals surface area (Å²) in [4.78, 5) is 12.9. The Labute approximate surface area is 167 Å². The lowest BCUT2D eigenvalue weighted by atomic mass is 10.1. The monoisotopic (exact) mass is 417 g/mol. The third kappa shape index (κ3) is 4.98. The van der Waals surface area contributed by atoms with Gasteiger partial charge in [0.25, 0.3) is 0 Å². The van der Waals surface area contributed by atoms with Gasteiger partial charge in [-0.05, 0) is 48.2 Å². The Balaban J connectivity index is 1.54. The molecule has 0 bridgehead atoms. The lowest BCUT2D eigenvalue weighted by Gasteiger charge is -2.08. The molecule has 28 heavy (non-hydrogen) atoms. The SMILES string of the molecule is Cc1ccc(-c2ccsc2C(=O)OCCOc2ccc(S(N)(=O)=O)cc2)cc1. The molecule has 0 saturated carbocycles. The van der Waals surface area contributed by atoms with Crippen molar-refractivity contribution in [2.75, 3.05) is 13.2 Å². The van der Waals surface area contributed by atoms with Crippen LogP contribution in [-0.2, 0) is 14.8 Å². The number of aryl methyl sites for hydroxylation is 1. The van der Waals surface area contributed by atoms with Crippen LogP contribution < -0.4 is 9.88 Å². The quantitative estimate of drug-likeness (QED) is 0.468. The smallest absolute Gasteiger partial charge is 0.349 e. The van der Waals surface area contributed by atoms with Crippen LogP contribution in [0.1, 0.15) is 15.2 Å². The van der Waals surface area contributed by atoms with Crippen molar-refractivity contribution < 1.29 is 22.7 Å². The van der Waals surface area contributed by atoms with E-state index < -0.39 is 16.0 Å². The zero-order chi connectivity index (χ0) is 20.1. The second-order valence-corrected chi connectivity index (χ2v) is 8.51. The summed E-state index contributed by atoms with van der Waals surface area (Å²) in [5.41, 5.74) is 2.96. The number of nitrogens with two attached hydrogens (primary N) is 1. The van der Waals surface area contributed by atoms with E-state index in [2.05, 4.69) is 0 Å². The molecule has 0 fully saturated rings. The molecule has 2 N–H and O–H groups in total. The van der Waals surface area contributed by atoms with Crippen LogP contribution in [0.25, 0.3) is 11.1 Å². The number of hydrogen-bond acceptors (Lipinski definition) is 6. The van der Waals surface area contributed by atoms with Crippen LogP contribution in [0.15, 0.2) is 64.9 Å². The maximum atomic E-state index is 12.4. The molecule has 2 aromatic carbocycles. The largest absolute Gasteiger partial charge is 0.490 e. The molecular weight excluding hydrogens is 398 g/mol. The molecule has 1 aromatic heterocycles. The minimum Gasteiger partial charge on any atom is -0.490 e. The minimum absolute atomic E-state index is 0.00704. The lowest BCUT2D eigenvalue weighted by Crippen LogP contribution is -2.13. The Bertz CT molecular complexity index is 1050. The molecule has 0 atom stereocenters. The summed E-state index contributed by atoms with van der Waals surface area (Å²) in [5, 5.41) is 6.90. The number of sulfonamides is 1. The van der Waals surface area contributed by atoms with Gasteiger partial charge in [0.2, 0.25) is 10.0 Å². The van der Waals surface area contributed by atoms with Gasteiger partial charge in [-0.1, -0.05) is 29.8 Å². The van der Waals surface area contributed by atoms with Crippen LogP contribution in [0.3, 0.4) is 0 Å². The van der Waals surface area contributed by atoms with Gasteiger partial charge in [-0.3, -0.25) is 0 Å². The number of carbonyl (C=O) groups excluding carboxylic acids is 1. The molecule has 0 aliphatic carbocycles. The maximum Gasteiger partial charge on any atom is 0.349 e. The third-order valence-electron chi connectivity index (χ3n) is 3.95. The van der Waals surface area contributed by atoms with E-state index in [1.165, 1.54) is 35.6 Å². The average Bonchev–Trinajstić information content (AvgIpc) is 3.15. The molecule has 6 nitrogen and oxygen atoms in total. The Morgan fingerprint density at radius 2 is 1.68 bits per heavy atom. The van der Waals surface area contributed by atoms with E-state index in [0.29, 0.717) is 10.6 Å². The van der Waals surface area contributed by atoms with Crippen molar-refractivity contribution in [3.05, 3.63) is 70.4 Å². The van der Waals surface area contributed by atoms with Crippen molar-refractivity contribution in [2.45, 2.75) is 11.8 Å². The van der Waals surface area contributed by atoms with Crippen LogP contribution in [0.5, 0.6) is 5.75 Å². The summed E-state index contributed by atoms with van der Waals surface area (Å²) in [6.07, 6.45) is 0. The fourth-order valence-corrected chi connectivity index (χ4v) is 3.84. The number of benzene rings is 2. The normalized spacial score (nSPS) is 11.2.